The highest BCUT2D eigenvalue weighted by Gasteiger charge is 2.21. The molecule has 2 nitrogen and oxygen atoms in total. The molecule has 1 aromatic carbocycles. The summed E-state index contributed by atoms with van der Waals surface area (Å²) in [7, 11) is 0. The zero-order valence-electron chi connectivity index (χ0n) is 8.49. The van der Waals surface area contributed by atoms with Gasteiger partial charge in [-0.05, 0) is 17.5 Å². The fourth-order valence-corrected chi connectivity index (χ4v) is 1.88. The smallest absolute Gasteiger partial charge is 0.223 e. The third-order valence-electron chi connectivity index (χ3n) is 2.66. The minimum atomic E-state index is 0.281. The van der Waals surface area contributed by atoms with E-state index in [0.29, 0.717) is 6.42 Å². The zero-order valence-corrected chi connectivity index (χ0v) is 8.49. The Hall–Kier alpha value is -1.31. The summed E-state index contributed by atoms with van der Waals surface area (Å²) in [5, 5.41) is 0. The van der Waals surface area contributed by atoms with Crippen LogP contribution in [0.2, 0.25) is 0 Å². The van der Waals surface area contributed by atoms with E-state index in [9.17, 15) is 4.79 Å². The Balaban J connectivity index is 2.08. The summed E-state index contributed by atoms with van der Waals surface area (Å²) in [6.07, 6.45) is 1.61. The lowest BCUT2D eigenvalue weighted by Gasteiger charge is -2.14. The van der Waals surface area contributed by atoms with Gasteiger partial charge in [-0.25, -0.2) is 0 Å². The minimum Gasteiger partial charge on any atom is -0.334 e. The largest absolute Gasteiger partial charge is 0.334 e. The molecule has 2 rings (SSSR count). The van der Waals surface area contributed by atoms with E-state index in [1.165, 1.54) is 11.1 Å². The van der Waals surface area contributed by atoms with E-state index in [-0.39, 0.29) is 5.91 Å². The Morgan fingerprint density at radius 1 is 1.29 bits per heavy atom. The van der Waals surface area contributed by atoms with Gasteiger partial charge in [-0.3, -0.25) is 4.79 Å². The van der Waals surface area contributed by atoms with Crippen LogP contribution < -0.4 is 0 Å². The monoisotopic (exact) mass is 189 g/mol. The van der Waals surface area contributed by atoms with Gasteiger partial charge < -0.3 is 4.90 Å². The number of benzene rings is 1. The number of carbonyl (C=O) groups excluding carboxylic acids is 1. The van der Waals surface area contributed by atoms with Gasteiger partial charge in [-0.1, -0.05) is 31.2 Å². The average molecular weight is 189 g/mol. The number of fused-ring (bicyclic) bond motifs is 1. The summed E-state index contributed by atoms with van der Waals surface area (Å²) in [4.78, 5) is 13.6. The standard InChI is InChI=1S/C12H15NO/c1-2-5-12(14)13-8-10-6-3-4-7-11(10)9-13/h3-4,6-7H,2,5,8-9H2,1H3. The van der Waals surface area contributed by atoms with Crippen LogP contribution in [0.5, 0.6) is 0 Å². The number of carbonyl (C=O) groups is 1. The van der Waals surface area contributed by atoms with E-state index in [1.807, 2.05) is 24.0 Å². The molecule has 1 heterocycles. The van der Waals surface area contributed by atoms with Gasteiger partial charge in [0.25, 0.3) is 0 Å². The van der Waals surface area contributed by atoms with E-state index in [2.05, 4.69) is 12.1 Å². The lowest BCUT2D eigenvalue weighted by atomic mass is 10.1. The molecule has 1 aliphatic heterocycles. The second kappa shape index (κ2) is 3.82. The van der Waals surface area contributed by atoms with Crippen LogP contribution >= 0.6 is 0 Å². The molecule has 1 amide bonds. The van der Waals surface area contributed by atoms with Crippen molar-refractivity contribution in [1.82, 2.24) is 4.90 Å². The van der Waals surface area contributed by atoms with E-state index < -0.39 is 0 Å². The van der Waals surface area contributed by atoms with Crippen LogP contribution in [0.1, 0.15) is 30.9 Å². The maximum absolute atomic E-state index is 11.6. The molecule has 0 unspecified atom stereocenters. The number of hydrogen-bond donors (Lipinski definition) is 0. The SMILES string of the molecule is CCCC(=O)N1Cc2ccccc2C1. The molecule has 0 bridgehead atoms. The maximum atomic E-state index is 11.6. The molecule has 0 atom stereocenters. The van der Waals surface area contributed by atoms with Gasteiger partial charge in [0.2, 0.25) is 5.91 Å². The second-order valence-electron chi connectivity index (χ2n) is 3.77. The Kier molecular flexibility index (Phi) is 2.53. The molecule has 74 valence electrons. The highest BCUT2D eigenvalue weighted by molar-refractivity contribution is 5.76. The van der Waals surface area contributed by atoms with Gasteiger partial charge >= 0.3 is 0 Å². The van der Waals surface area contributed by atoms with Crippen molar-refractivity contribution in [3.8, 4) is 0 Å². The molecule has 1 aliphatic rings. The molecule has 0 spiro atoms. The van der Waals surface area contributed by atoms with Crippen LogP contribution in [0.25, 0.3) is 0 Å². The molecule has 0 radical (unpaired) electrons. The van der Waals surface area contributed by atoms with Crippen LogP contribution in [-0.2, 0) is 17.9 Å². The zero-order chi connectivity index (χ0) is 9.97. The van der Waals surface area contributed by atoms with Gasteiger partial charge in [-0.2, -0.15) is 0 Å². The van der Waals surface area contributed by atoms with Crippen molar-refractivity contribution in [3.63, 3.8) is 0 Å². The van der Waals surface area contributed by atoms with Crippen molar-refractivity contribution >= 4 is 5.91 Å². The first kappa shape index (κ1) is 9.25. The topological polar surface area (TPSA) is 20.3 Å². The normalized spacial score (nSPS) is 14.2. The molecule has 0 saturated carbocycles. The molecular formula is C12H15NO. The number of hydrogen-bond acceptors (Lipinski definition) is 1. The highest BCUT2D eigenvalue weighted by Crippen LogP contribution is 2.22. The summed E-state index contributed by atoms with van der Waals surface area (Å²) < 4.78 is 0. The highest BCUT2D eigenvalue weighted by atomic mass is 16.2. The first-order valence-electron chi connectivity index (χ1n) is 5.16. The van der Waals surface area contributed by atoms with Crippen LogP contribution in [0.15, 0.2) is 24.3 Å². The Labute approximate surface area is 84.5 Å². The number of nitrogens with zero attached hydrogens (tertiary/aromatic N) is 1. The predicted molar refractivity (Wildman–Crippen MR) is 55.6 cm³/mol. The molecule has 0 aromatic heterocycles. The quantitative estimate of drug-likeness (QED) is 0.699. The van der Waals surface area contributed by atoms with Crippen LogP contribution in [0.3, 0.4) is 0 Å². The van der Waals surface area contributed by atoms with Crippen molar-refractivity contribution in [1.29, 1.82) is 0 Å². The summed E-state index contributed by atoms with van der Waals surface area (Å²) in [6.45, 7) is 3.64. The molecule has 0 fully saturated rings. The summed E-state index contributed by atoms with van der Waals surface area (Å²) in [5.74, 6) is 0.281. The fraction of sp³-hybridized carbons (Fsp3) is 0.417. The number of rotatable bonds is 2. The molecule has 1 aromatic rings. The van der Waals surface area contributed by atoms with Crippen molar-refractivity contribution in [2.24, 2.45) is 0 Å². The van der Waals surface area contributed by atoms with Gasteiger partial charge in [0, 0.05) is 19.5 Å². The average Bonchev–Trinajstić information content (AvgIpc) is 2.61. The minimum absolute atomic E-state index is 0.281. The Bertz CT molecular complexity index is 321. The third-order valence-corrected chi connectivity index (χ3v) is 2.66. The summed E-state index contributed by atoms with van der Waals surface area (Å²) >= 11 is 0. The Morgan fingerprint density at radius 3 is 2.36 bits per heavy atom. The van der Waals surface area contributed by atoms with Gasteiger partial charge in [0.05, 0.1) is 0 Å². The molecule has 0 aliphatic carbocycles. The number of amides is 1. The van der Waals surface area contributed by atoms with E-state index in [0.717, 1.165) is 19.5 Å². The van der Waals surface area contributed by atoms with Crippen LogP contribution in [0.4, 0.5) is 0 Å². The van der Waals surface area contributed by atoms with Gasteiger partial charge in [0.15, 0.2) is 0 Å². The first-order valence-corrected chi connectivity index (χ1v) is 5.16. The lowest BCUT2D eigenvalue weighted by molar-refractivity contribution is -0.131. The van der Waals surface area contributed by atoms with Gasteiger partial charge in [0.1, 0.15) is 0 Å². The molecule has 14 heavy (non-hydrogen) atoms. The second-order valence-corrected chi connectivity index (χ2v) is 3.77. The van der Waals surface area contributed by atoms with Crippen molar-refractivity contribution in [2.75, 3.05) is 0 Å². The predicted octanol–water partition coefficient (Wildman–Crippen LogP) is 2.33. The van der Waals surface area contributed by atoms with E-state index in [1.54, 1.807) is 0 Å². The van der Waals surface area contributed by atoms with Crippen LogP contribution in [0, 0.1) is 0 Å². The van der Waals surface area contributed by atoms with E-state index in [4.69, 9.17) is 0 Å². The molecule has 0 N–H and O–H groups in total. The third kappa shape index (κ3) is 1.65. The fourth-order valence-electron chi connectivity index (χ4n) is 1.88. The first-order chi connectivity index (χ1) is 6.81. The van der Waals surface area contributed by atoms with Crippen molar-refractivity contribution in [3.05, 3.63) is 35.4 Å². The Morgan fingerprint density at radius 2 is 1.86 bits per heavy atom. The molecular weight excluding hydrogens is 174 g/mol. The molecule has 2 heteroatoms. The lowest BCUT2D eigenvalue weighted by Crippen LogP contribution is -2.24. The molecule has 0 saturated heterocycles. The summed E-state index contributed by atoms with van der Waals surface area (Å²) in [5.41, 5.74) is 2.61. The van der Waals surface area contributed by atoms with Crippen molar-refractivity contribution in [2.45, 2.75) is 32.9 Å². The van der Waals surface area contributed by atoms with Crippen LogP contribution in [-0.4, -0.2) is 10.8 Å². The summed E-state index contributed by atoms with van der Waals surface area (Å²) in [6, 6.07) is 8.28. The maximum Gasteiger partial charge on any atom is 0.223 e. The van der Waals surface area contributed by atoms with Gasteiger partial charge in [-0.15, -0.1) is 0 Å². The van der Waals surface area contributed by atoms with Crippen molar-refractivity contribution < 1.29 is 4.79 Å². The van der Waals surface area contributed by atoms with E-state index >= 15 is 0 Å².